The molecule has 2 radical (unpaired) electrons. The summed E-state index contributed by atoms with van der Waals surface area (Å²) in [4.78, 5) is 0. The molecule has 7 heavy (non-hydrogen) atoms. The lowest BCUT2D eigenvalue weighted by molar-refractivity contribution is 0.378. The molecule has 3 heteroatoms. The van der Waals surface area contributed by atoms with Crippen molar-refractivity contribution in [2.45, 2.75) is 0 Å². The standard InChI is InChI=1S/C4H6O2Si/c1-3-5-7-6-4-2/h3-4H,1-2H2. The highest BCUT2D eigenvalue weighted by Gasteiger charge is 1.82. The van der Waals surface area contributed by atoms with Crippen LogP contribution in [0, 0.1) is 0 Å². The quantitative estimate of drug-likeness (QED) is 0.306. The van der Waals surface area contributed by atoms with Crippen LogP contribution in [0.3, 0.4) is 0 Å². The molecular formula is C4H6O2Si. The third-order valence-electron chi connectivity index (χ3n) is 0.263. The fourth-order valence-corrected chi connectivity index (χ4v) is 0.287. The molecule has 0 aliphatic heterocycles. The molecule has 0 saturated heterocycles. The Labute approximate surface area is 45.5 Å². The van der Waals surface area contributed by atoms with Crippen molar-refractivity contribution in [1.29, 1.82) is 0 Å². The van der Waals surface area contributed by atoms with Gasteiger partial charge in [0, 0.05) is 0 Å². The van der Waals surface area contributed by atoms with E-state index in [0.29, 0.717) is 0 Å². The molecule has 0 heterocycles. The zero-order chi connectivity index (χ0) is 5.54. The zero-order valence-corrected chi connectivity index (χ0v) is 4.89. The van der Waals surface area contributed by atoms with Gasteiger partial charge in [0.15, 0.2) is 0 Å². The second-order valence-corrected chi connectivity index (χ2v) is 1.29. The van der Waals surface area contributed by atoms with E-state index in [4.69, 9.17) is 0 Å². The van der Waals surface area contributed by atoms with Gasteiger partial charge in [0.2, 0.25) is 0 Å². The molecule has 0 rings (SSSR count). The molecule has 0 fully saturated rings. The number of hydrogen-bond acceptors (Lipinski definition) is 2. The second-order valence-electron chi connectivity index (χ2n) is 0.652. The van der Waals surface area contributed by atoms with Crippen molar-refractivity contribution in [2.24, 2.45) is 0 Å². The van der Waals surface area contributed by atoms with Gasteiger partial charge >= 0.3 is 10.0 Å². The lowest BCUT2D eigenvalue weighted by Gasteiger charge is -1.90. The zero-order valence-electron chi connectivity index (χ0n) is 3.89. The molecule has 0 bridgehead atoms. The van der Waals surface area contributed by atoms with Crippen LogP contribution in [0.2, 0.25) is 0 Å². The van der Waals surface area contributed by atoms with E-state index in [9.17, 15) is 0 Å². The van der Waals surface area contributed by atoms with Gasteiger partial charge in [-0.1, -0.05) is 13.2 Å². The van der Waals surface area contributed by atoms with Crippen molar-refractivity contribution < 1.29 is 8.85 Å². The summed E-state index contributed by atoms with van der Waals surface area (Å²) < 4.78 is 9.14. The number of hydrogen-bond donors (Lipinski definition) is 0. The molecule has 0 spiro atoms. The van der Waals surface area contributed by atoms with E-state index in [1.807, 2.05) is 0 Å². The van der Waals surface area contributed by atoms with Crippen molar-refractivity contribution in [3.8, 4) is 0 Å². The molecule has 0 aromatic heterocycles. The van der Waals surface area contributed by atoms with Crippen molar-refractivity contribution in [1.82, 2.24) is 0 Å². The summed E-state index contributed by atoms with van der Waals surface area (Å²) in [5, 5.41) is 0. The largest absolute Gasteiger partial charge is 0.609 e. The molecule has 38 valence electrons. The fraction of sp³-hybridized carbons (Fsp3) is 0. The van der Waals surface area contributed by atoms with Crippen LogP contribution >= 0.6 is 0 Å². The van der Waals surface area contributed by atoms with Crippen molar-refractivity contribution in [2.75, 3.05) is 0 Å². The summed E-state index contributed by atoms with van der Waals surface area (Å²) in [5.74, 6) is 0. The van der Waals surface area contributed by atoms with Gasteiger partial charge in [-0.25, -0.2) is 0 Å². The van der Waals surface area contributed by atoms with Crippen LogP contribution in [-0.4, -0.2) is 10.0 Å². The molecule has 0 aromatic rings. The van der Waals surface area contributed by atoms with Crippen LogP contribution in [0.25, 0.3) is 0 Å². The molecule has 0 atom stereocenters. The van der Waals surface area contributed by atoms with Gasteiger partial charge in [0.05, 0.1) is 12.5 Å². The fourth-order valence-electron chi connectivity index (χ4n) is 0.0958. The Morgan fingerprint density at radius 1 is 1.14 bits per heavy atom. The summed E-state index contributed by atoms with van der Waals surface area (Å²) in [6.07, 6.45) is 2.64. The van der Waals surface area contributed by atoms with Gasteiger partial charge in [-0.2, -0.15) is 0 Å². The Morgan fingerprint density at radius 2 is 1.57 bits per heavy atom. The summed E-state index contributed by atoms with van der Waals surface area (Å²) in [6.45, 7) is 6.61. The maximum absolute atomic E-state index is 4.57. The van der Waals surface area contributed by atoms with Gasteiger partial charge < -0.3 is 8.85 Å². The molecule has 2 nitrogen and oxygen atoms in total. The summed E-state index contributed by atoms with van der Waals surface area (Å²) in [7, 11) is -0.00386. The average molecular weight is 114 g/mol. The summed E-state index contributed by atoms with van der Waals surface area (Å²) in [5.41, 5.74) is 0. The lowest BCUT2D eigenvalue weighted by Crippen LogP contribution is -1.92. The molecule has 0 aliphatic carbocycles. The Balaban J connectivity index is 2.68. The van der Waals surface area contributed by atoms with E-state index in [2.05, 4.69) is 22.0 Å². The van der Waals surface area contributed by atoms with E-state index in [1.165, 1.54) is 12.5 Å². The second kappa shape index (κ2) is 5.30. The molecule has 0 aliphatic rings. The Bertz CT molecular complexity index is 54.7. The predicted molar refractivity (Wildman–Crippen MR) is 28.3 cm³/mol. The smallest absolute Gasteiger partial charge is 0.515 e. The van der Waals surface area contributed by atoms with Crippen molar-refractivity contribution in [3.63, 3.8) is 0 Å². The van der Waals surface area contributed by atoms with Crippen molar-refractivity contribution >= 4 is 10.0 Å². The van der Waals surface area contributed by atoms with Gasteiger partial charge in [-0.3, -0.25) is 0 Å². The van der Waals surface area contributed by atoms with Gasteiger partial charge in [-0.05, 0) is 0 Å². The van der Waals surface area contributed by atoms with E-state index in [0.717, 1.165) is 0 Å². The van der Waals surface area contributed by atoms with Crippen LogP contribution in [0.1, 0.15) is 0 Å². The first-order valence-electron chi connectivity index (χ1n) is 1.70. The van der Waals surface area contributed by atoms with Crippen LogP contribution in [0.5, 0.6) is 0 Å². The first-order chi connectivity index (χ1) is 3.41. The van der Waals surface area contributed by atoms with E-state index >= 15 is 0 Å². The third kappa shape index (κ3) is 5.30. The monoisotopic (exact) mass is 114 g/mol. The van der Waals surface area contributed by atoms with Gasteiger partial charge in [0.1, 0.15) is 0 Å². The lowest BCUT2D eigenvalue weighted by atomic mass is 11.2. The molecule has 0 saturated carbocycles. The maximum atomic E-state index is 4.57. The van der Waals surface area contributed by atoms with E-state index in [-0.39, 0.29) is 10.0 Å². The highest BCUT2D eigenvalue weighted by atomic mass is 28.3. The predicted octanol–water partition coefficient (Wildman–Crippen LogP) is 0.841. The first kappa shape index (κ1) is 6.30. The molecular weight excluding hydrogens is 108 g/mol. The first-order valence-corrected chi connectivity index (χ1v) is 2.51. The molecule has 0 amide bonds. The Kier molecular flexibility index (Phi) is 4.76. The third-order valence-corrected chi connectivity index (χ3v) is 0.789. The highest BCUT2D eigenvalue weighted by molar-refractivity contribution is 6.18. The topological polar surface area (TPSA) is 18.5 Å². The van der Waals surface area contributed by atoms with Gasteiger partial charge in [0.25, 0.3) is 0 Å². The minimum atomic E-state index is -0.00386. The summed E-state index contributed by atoms with van der Waals surface area (Å²) >= 11 is 0. The molecule has 0 aromatic carbocycles. The summed E-state index contributed by atoms with van der Waals surface area (Å²) in [6, 6.07) is 0. The van der Waals surface area contributed by atoms with Crippen molar-refractivity contribution in [3.05, 3.63) is 25.7 Å². The Hall–Kier alpha value is -0.703. The van der Waals surface area contributed by atoms with E-state index < -0.39 is 0 Å². The molecule has 0 N–H and O–H groups in total. The maximum Gasteiger partial charge on any atom is 0.609 e. The Morgan fingerprint density at radius 3 is 1.86 bits per heavy atom. The highest BCUT2D eigenvalue weighted by Crippen LogP contribution is 1.71. The van der Waals surface area contributed by atoms with E-state index in [1.54, 1.807) is 0 Å². The molecule has 0 unspecified atom stereocenters. The minimum Gasteiger partial charge on any atom is -0.515 e. The van der Waals surface area contributed by atoms with Gasteiger partial charge in [-0.15, -0.1) is 0 Å². The minimum absolute atomic E-state index is 0.00386. The van der Waals surface area contributed by atoms with Crippen LogP contribution < -0.4 is 0 Å². The van der Waals surface area contributed by atoms with Crippen LogP contribution in [0.4, 0.5) is 0 Å². The SMILES string of the molecule is C=CO[Si]OC=C. The van der Waals surface area contributed by atoms with Crippen LogP contribution in [-0.2, 0) is 8.85 Å². The van der Waals surface area contributed by atoms with Crippen LogP contribution in [0.15, 0.2) is 25.7 Å². The number of rotatable bonds is 4. The average Bonchev–Trinajstić information content (AvgIpc) is 1.69. The normalized spacial score (nSPS) is 6.86.